The van der Waals surface area contributed by atoms with Crippen LogP contribution in [-0.2, 0) is 6.54 Å². The molecule has 0 spiro atoms. The number of furan rings is 1. The molecule has 0 radical (unpaired) electrons. The first-order valence-corrected chi connectivity index (χ1v) is 5.79. The molecule has 2 fully saturated rings. The lowest BCUT2D eigenvalue weighted by Gasteiger charge is -2.14. The van der Waals surface area contributed by atoms with E-state index in [0.29, 0.717) is 0 Å². The zero-order valence-corrected chi connectivity index (χ0v) is 11.6. The fraction of sp³-hybridized carbons (Fsp3) is 0.667. The quantitative estimate of drug-likeness (QED) is 0.898. The molecule has 5 heteroatoms. The number of nitrogens with one attached hydrogen (secondary N) is 1. The van der Waals surface area contributed by atoms with Crippen molar-refractivity contribution in [1.82, 2.24) is 10.2 Å². The number of nitrogens with zero attached hydrogens (tertiary/aromatic N) is 1. The van der Waals surface area contributed by atoms with Crippen molar-refractivity contribution >= 4 is 24.8 Å². The van der Waals surface area contributed by atoms with Crippen molar-refractivity contribution in [3.05, 3.63) is 23.7 Å². The van der Waals surface area contributed by atoms with Crippen LogP contribution in [0.1, 0.15) is 11.5 Å². The molecule has 2 aliphatic rings. The summed E-state index contributed by atoms with van der Waals surface area (Å²) in [6, 6.07) is 4.15. The lowest BCUT2D eigenvalue weighted by molar-refractivity contribution is 0.275. The molecule has 98 valence electrons. The molecule has 1 N–H and O–H groups in total. The van der Waals surface area contributed by atoms with Gasteiger partial charge in [0, 0.05) is 13.1 Å². The predicted octanol–water partition coefficient (Wildman–Crippen LogP) is 2.08. The molecule has 1 aromatic rings. The number of halogens is 2. The van der Waals surface area contributed by atoms with Gasteiger partial charge in [0.2, 0.25) is 0 Å². The topological polar surface area (TPSA) is 28.4 Å². The van der Waals surface area contributed by atoms with Crippen LogP contribution in [0, 0.1) is 18.8 Å². The highest BCUT2D eigenvalue weighted by atomic mass is 35.5. The zero-order chi connectivity index (χ0) is 10.3. The Bertz CT molecular complexity index is 344. The van der Waals surface area contributed by atoms with E-state index >= 15 is 0 Å². The maximum absolute atomic E-state index is 5.61. The summed E-state index contributed by atoms with van der Waals surface area (Å²) in [5.41, 5.74) is 0. The van der Waals surface area contributed by atoms with Gasteiger partial charge in [-0.3, -0.25) is 4.90 Å². The molecule has 1 aromatic heterocycles. The first-order valence-electron chi connectivity index (χ1n) is 5.79. The minimum absolute atomic E-state index is 0. The summed E-state index contributed by atoms with van der Waals surface area (Å²) in [6.45, 7) is 7.87. The van der Waals surface area contributed by atoms with Crippen LogP contribution in [0.4, 0.5) is 0 Å². The largest absolute Gasteiger partial charge is 0.465 e. The van der Waals surface area contributed by atoms with Crippen LogP contribution >= 0.6 is 24.8 Å². The smallest absolute Gasteiger partial charge is 0.118 e. The third-order valence-electron chi connectivity index (χ3n) is 3.64. The fourth-order valence-corrected chi connectivity index (χ4v) is 2.87. The molecule has 0 aliphatic carbocycles. The van der Waals surface area contributed by atoms with Crippen LogP contribution in [0.25, 0.3) is 0 Å². The minimum atomic E-state index is 0. The van der Waals surface area contributed by atoms with Gasteiger partial charge >= 0.3 is 0 Å². The second-order valence-electron chi connectivity index (χ2n) is 4.88. The van der Waals surface area contributed by atoms with E-state index in [9.17, 15) is 0 Å². The normalized spacial score (nSPS) is 27.4. The van der Waals surface area contributed by atoms with Crippen LogP contribution < -0.4 is 5.32 Å². The van der Waals surface area contributed by atoms with Gasteiger partial charge in [0.1, 0.15) is 11.5 Å². The molecule has 3 nitrogen and oxygen atoms in total. The molecular weight excluding hydrogens is 259 g/mol. The van der Waals surface area contributed by atoms with E-state index in [0.717, 1.165) is 29.9 Å². The van der Waals surface area contributed by atoms with Crippen molar-refractivity contribution in [1.29, 1.82) is 0 Å². The summed E-state index contributed by atoms with van der Waals surface area (Å²) in [5, 5.41) is 3.46. The van der Waals surface area contributed by atoms with Crippen molar-refractivity contribution in [3.8, 4) is 0 Å². The second-order valence-corrected chi connectivity index (χ2v) is 4.88. The van der Waals surface area contributed by atoms with Crippen molar-refractivity contribution in [3.63, 3.8) is 0 Å². The summed E-state index contributed by atoms with van der Waals surface area (Å²) >= 11 is 0. The predicted molar refractivity (Wildman–Crippen MR) is 73.1 cm³/mol. The Kier molecular flexibility index (Phi) is 5.32. The molecule has 2 atom stereocenters. The van der Waals surface area contributed by atoms with Crippen molar-refractivity contribution in [2.45, 2.75) is 13.5 Å². The van der Waals surface area contributed by atoms with Gasteiger partial charge in [0.15, 0.2) is 0 Å². The molecule has 2 aliphatic heterocycles. The Balaban J connectivity index is 0.000000722. The van der Waals surface area contributed by atoms with E-state index < -0.39 is 0 Å². The molecule has 0 unspecified atom stereocenters. The summed E-state index contributed by atoms with van der Waals surface area (Å²) in [5.74, 6) is 3.88. The average Bonchev–Trinajstić information content (AvgIpc) is 2.81. The number of rotatable bonds is 2. The lowest BCUT2D eigenvalue weighted by atomic mass is 10.0. The van der Waals surface area contributed by atoms with Gasteiger partial charge in [0.05, 0.1) is 6.54 Å². The first kappa shape index (κ1) is 14.8. The average molecular weight is 279 g/mol. The molecular formula is C12H20Cl2N2O. The molecule has 0 bridgehead atoms. The van der Waals surface area contributed by atoms with Gasteiger partial charge in [-0.25, -0.2) is 0 Å². The highest BCUT2D eigenvalue weighted by Gasteiger charge is 2.35. The van der Waals surface area contributed by atoms with E-state index in [1.165, 1.54) is 26.2 Å². The molecule has 17 heavy (non-hydrogen) atoms. The summed E-state index contributed by atoms with van der Waals surface area (Å²) in [6.07, 6.45) is 0. The van der Waals surface area contributed by atoms with Gasteiger partial charge in [-0.15, -0.1) is 24.8 Å². The maximum Gasteiger partial charge on any atom is 0.118 e. The molecule has 2 saturated heterocycles. The van der Waals surface area contributed by atoms with Gasteiger partial charge in [-0.1, -0.05) is 0 Å². The number of fused-ring (bicyclic) bond motifs is 1. The van der Waals surface area contributed by atoms with E-state index in [1.54, 1.807) is 0 Å². The summed E-state index contributed by atoms with van der Waals surface area (Å²) in [7, 11) is 0. The molecule has 0 aromatic carbocycles. The molecule has 3 heterocycles. The SMILES string of the molecule is Cc1ccc(CN2C[C@H]3CNC[C@H]3C2)o1.Cl.Cl. The summed E-state index contributed by atoms with van der Waals surface area (Å²) in [4.78, 5) is 2.52. The lowest BCUT2D eigenvalue weighted by Crippen LogP contribution is -2.25. The van der Waals surface area contributed by atoms with E-state index in [-0.39, 0.29) is 24.8 Å². The Hall–Kier alpha value is -0.220. The maximum atomic E-state index is 5.61. The zero-order valence-electron chi connectivity index (χ0n) is 10.0. The van der Waals surface area contributed by atoms with Crippen LogP contribution in [0.2, 0.25) is 0 Å². The highest BCUT2D eigenvalue weighted by Crippen LogP contribution is 2.27. The van der Waals surface area contributed by atoms with Gasteiger partial charge in [-0.05, 0) is 44.0 Å². The summed E-state index contributed by atoms with van der Waals surface area (Å²) < 4.78 is 5.61. The van der Waals surface area contributed by atoms with E-state index in [2.05, 4.69) is 16.3 Å². The van der Waals surface area contributed by atoms with Crippen molar-refractivity contribution in [2.75, 3.05) is 26.2 Å². The standard InChI is InChI=1S/C12H18N2O.2ClH/c1-9-2-3-12(15-9)8-14-6-10-4-13-5-11(10)7-14;;/h2-3,10-11,13H,4-8H2,1H3;2*1H/t10-,11+;;. The van der Waals surface area contributed by atoms with Crippen LogP contribution in [-0.4, -0.2) is 31.1 Å². The Morgan fingerprint density at radius 2 is 1.88 bits per heavy atom. The Morgan fingerprint density at radius 1 is 1.24 bits per heavy atom. The number of hydrogen-bond donors (Lipinski definition) is 1. The van der Waals surface area contributed by atoms with Gasteiger partial charge in [0.25, 0.3) is 0 Å². The third-order valence-corrected chi connectivity index (χ3v) is 3.64. The number of aryl methyl sites for hydroxylation is 1. The van der Waals surface area contributed by atoms with Gasteiger partial charge < -0.3 is 9.73 Å². The Morgan fingerprint density at radius 3 is 2.41 bits per heavy atom. The van der Waals surface area contributed by atoms with Crippen molar-refractivity contribution in [2.24, 2.45) is 11.8 Å². The highest BCUT2D eigenvalue weighted by molar-refractivity contribution is 5.85. The van der Waals surface area contributed by atoms with Crippen molar-refractivity contribution < 1.29 is 4.42 Å². The minimum Gasteiger partial charge on any atom is -0.465 e. The van der Waals surface area contributed by atoms with E-state index in [1.807, 2.05) is 13.0 Å². The molecule has 3 rings (SSSR count). The molecule has 0 amide bonds. The van der Waals surface area contributed by atoms with E-state index in [4.69, 9.17) is 4.42 Å². The fourth-order valence-electron chi connectivity index (χ4n) is 2.87. The number of likely N-dealkylation sites (tertiary alicyclic amines) is 1. The van der Waals surface area contributed by atoms with Crippen LogP contribution in [0.15, 0.2) is 16.5 Å². The first-order chi connectivity index (χ1) is 7.31. The van der Waals surface area contributed by atoms with Crippen LogP contribution in [0.3, 0.4) is 0 Å². The molecule has 0 saturated carbocycles. The number of hydrogen-bond acceptors (Lipinski definition) is 3. The van der Waals surface area contributed by atoms with Crippen LogP contribution in [0.5, 0.6) is 0 Å². The van der Waals surface area contributed by atoms with Gasteiger partial charge in [-0.2, -0.15) is 0 Å². The third kappa shape index (κ3) is 3.16. The second kappa shape index (κ2) is 6.10. The monoisotopic (exact) mass is 278 g/mol. The Labute approximate surface area is 115 Å².